The first-order valence-corrected chi connectivity index (χ1v) is 11.0. The molecule has 172 valence electrons. The second kappa shape index (κ2) is 11.8. The maximum absolute atomic E-state index is 13.1. The molecule has 1 heterocycles. The first kappa shape index (κ1) is 26.2. The molecule has 4 aromatic rings. The number of nitrogens with one attached hydrogen (secondary N) is 2. The van der Waals surface area contributed by atoms with E-state index in [4.69, 9.17) is 0 Å². The van der Waals surface area contributed by atoms with Crippen molar-refractivity contribution in [3.05, 3.63) is 102 Å². The number of nitrogens with zero attached hydrogens (tertiary/aromatic N) is 1. The predicted molar refractivity (Wildman–Crippen MR) is 136 cm³/mol. The summed E-state index contributed by atoms with van der Waals surface area (Å²) in [5.74, 6) is -1.55. The van der Waals surface area contributed by atoms with E-state index in [0.29, 0.717) is 5.56 Å². The van der Waals surface area contributed by atoms with Gasteiger partial charge >= 0.3 is 35.5 Å². The number of carbonyl (C=O) groups is 2. The Labute approximate surface area is 228 Å². The van der Waals surface area contributed by atoms with Gasteiger partial charge in [-0.2, -0.15) is 0 Å². The van der Waals surface area contributed by atoms with Crippen molar-refractivity contribution in [2.75, 3.05) is 10.6 Å². The SMILES string of the molecule is CC(C)Nc1ccccc1-c1ccc(C(=O)O)c(NC(=O)c2cncc(-c3ccccc3)c2)c1.[H-].[Na+]. The fraction of sp³-hybridized carbons (Fsp3) is 0.107. The van der Waals surface area contributed by atoms with Crippen LogP contribution in [0.3, 0.4) is 0 Å². The molecule has 0 radical (unpaired) electrons. The van der Waals surface area contributed by atoms with Gasteiger partial charge in [0.2, 0.25) is 0 Å². The molecule has 0 unspecified atom stereocenters. The molecule has 0 aliphatic heterocycles. The van der Waals surface area contributed by atoms with Crippen LogP contribution in [0.2, 0.25) is 0 Å². The molecule has 0 saturated heterocycles. The summed E-state index contributed by atoms with van der Waals surface area (Å²) in [6.45, 7) is 4.10. The normalized spacial score (nSPS) is 10.4. The molecule has 6 nitrogen and oxygen atoms in total. The molecule has 35 heavy (non-hydrogen) atoms. The monoisotopic (exact) mass is 475 g/mol. The van der Waals surface area contributed by atoms with Crippen LogP contribution in [-0.2, 0) is 0 Å². The third kappa shape index (κ3) is 6.36. The van der Waals surface area contributed by atoms with Gasteiger partial charge in [-0.1, -0.05) is 54.6 Å². The zero-order valence-corrected chi connectivity index (χ0v) is 21.9. The molecule has 7 heteroatoms. The number of para-hydroxylation sites is 1. The Hall–Kier alpha value is -3.45. The smallest absolute Gasteiger partial charge is 1.00 e. The van der Waals surface area contributed by atoms with Crippen LogP contribution in [-0.4, -0.2) is 28.0 Å². The third-order valence-corrected chi connectivity index (χ3v) is 5.29. The Morgan fingerprint density at radius 1 is 0.829 bits per heavy atom. The second-order valence-corrected chi connectivity index (χ2v) is 8.19. The Kier molecular flexibility index (Phi) is 8.82. The van der Waals surface area contributed by atoms with Crippen LogP contribution < -0.4 is 40.2 Å². The minimum Gasteiger partial charge on any atom is -1.00 e. The van der Waals surface area contributed by atoms with E-state index in [1.54, 1.807) is 24.4 Å². The van der Waals surface area contributed by atoms with E-state index in [2.05, 4.69) is 15.6 Å². The van der Waals surface area contributed by atoms with E-state index in [1.165, 1.54) is 12.3 Å². The summed E-state index contributed by atoms with van der Waals surface area (Å²) in [6.07, 6.45) is 3.15. The van der Waals surface area contributed by atoms with Gasteiger partial charge in [0, 0.05) is 35.2 Å². The van der Waals surface area contributed by atoms with Gasteiger partial charge in [0.25, 0.3) is 5.91 Å². The van der Waals surface area contributed by atoms with Crippen LogP contribution in [0, 0.1) is 0 Å². The van der Waals surface area contributed by atoms with Gasteiger partial charge in [0.15, 0.2) is 0 Å². The van der Waals surface area contributed by atoms with Crippen molar-refractivity contribution in [2.24, 2.45) is 0 Å². The van der Waals surface area contributed by atoms with Crippen molar-refractivity contribution in [3.8, 4) is 22.3 Å². The van der Waals surface area contributed by atoms with Gasteiger partial charge in [-0.25, -0.2) is 4.79 Å². The summed E-state index contributed by atoms with van der Waals surface area (Å²) in [5, 5.41) is 15.9. The van der Waals surface area contributed by atoms with Crippen molar-refractivity contribution < 1.29 is 45.7 Å². The van der Waals surface area contributed by atoms with Crippen LogP contribution >= 0.6 is 0 Å². The number of anilines is 2. The number of carbonyl (C=O) groups excluding carboxylic acids is 1. The minimum absolute atomic E-state index is 0. The Bertz CT molecular complexity index is 1350. The standard InChI is InChI=1S/C28H25N3O3.Na.H/c1-18(2)30-25-11-7-6-10-23(25)20-12-13-24(28(33)34)26(15-20)31-27(32)22-14-21(16-29-17-22)19-8-4-3-5-9-19;;/h3-18,30H,1-2H3,(H,31,32)(H,33,34);;/q;+1;-1. The van der Waals surface area contributed by atoms with Gasteiger partial charge in [0.05, 0.1) is 16.8 Å². The fourth-order valence-electron chi connectivity index (χ4n) is 3.72. The quantitative estimate of drug-likeness (QED) is 0.357. The van der Waals surface area contributed by atoms with Gasteiger partial charge < -0.3 is 17.2 Å². The summed E-state index contributed by atoms with van der Waals surface area (Å²) in [7, 11) is 0. The molecular weight excluding hydrogens is 449 g/mol. The summed E-state index contributed by atoms with van der Waals surface area (Å²) < 4.78 is 0. The van der Waals surface area contributed by atoms with Crippen LogP contribution in [0.5, 0.6) is 0 Å². The molecule has 0 aliphatic rings. The van der Waals surface area contributed by atoms with Gasteiger partial charge in [-0.3, -0.25) is 9.78 Å². The summed E-state index contributed by atoms with van der Waals surface area (Å²) >= 11 is 0. The maximum atomic E-state index is 13.1. The zero-order valence-electron chi connectivity index (χ0n) is 20.9. The third-order valence-electron chi connectivity index (χ3n) is 5.29. The van der Waals surface area contributed by atoms with Crippen LogP contribution in [0.1, 0.15) is 36.0 Å². The minimum atomic E-state index is -1.12. The number of aromatic carboxylic acids is 1. The van der Waals surface area contributed by atoms with E-state index in [9.17, 15) is 14.7 Å². The average Bonchev–Trinajstić information content (AvgIpc) is 2.84. The Morgan fingerprint density at radius 3 is 2.26 bits per heavy atom. The fourth-order valence-corrected chi connectivity index (χ4v) is 3.72. The molecule has 0 aliphatic carbocycles. The Morgan fingerprint density at radius 2 is 1.54 bits per heavy atom. The van der Waals surface area contributed by atoms with Gasteiger partial charge in [-0.05, 0) is 49.2 Å². The van der Waals surface area contributed by atoms with E-state index in [1.807, 2.05) is 68.4 Å². The molecule has 4 rings (SSSR count). The summed E-state index contributed by atoms with van der Waals surface area (Å²) in [5.41, 5.74) is 4.94. The van der Waals surface area contributed by atoms with Crippen molar-refractivity contribution in [1.29, 1.82) is 0 Å². The summed E-state index contributed by atoms with van der Waals surface area (Å²) in [4.78, 5) is 29.1. The maximum Gasteiger partial charge on any atom is 1.00 e. The van der Waals surface area contributed by atoms with Crippen LogP contribution in [0.15, 0.2) is 91.3 Å². The molecule has 3 N–H and O–H groups in total. The first-order valence-electron chi connectivity index (χ1n) is 11.0. The number of amides is 1. The second-order valence-electron chi connectivity index (χ2n) is 8.19. The van der Waals surface area contributed by atoms with E-state index >= 15 is 0 Å². The van der Waals surface area contributed by atoms with Crippen molar-refractivity contribution in [2.45, 2.75) is 19.9 Å². The largest absolute Gasteiger partial charge is 1.00 e. The molecule has 1 aromatic heterocycles. The first-order chi connectivity index (χ1) is 16.4. The van der Waals surface area contributed by atoms with Crippen LogP contribution in [0.4, 0.5) is 11.4 Å². The number of rotatable bonds is 7. The van der Waals surface area contributed by atoms with E-state index in [-0.39, 0.29) is 48.3 Å². The zero-order chi connectivity index (χ0) is 24.1. The number of carboxylic acid groups (broad SMARTS) is 1. The van der Waals surface area contributed by atoms with Crippen molar-refractivity contribution in [3.63, 3.8) is 0 Å². The van der Waals surface area contributed by atoms with E-state index < -0.39 is 11.9 Å². The van der Waals surface area contributed by atoms with Crippen LogP contribution in [0.25, 0.3) is 22.3 Å². The number of carboxylic acids is 1. The molecule has 0 atom stereocenters. The number of aromatic nitrogens is 1. The number of hydrogen-bond acceptors (Lipinski definition) is 4. The van der Waals surface area contributed by atoms with Crippen molar-refractivity contribution in [1.82, 2.24) is 4.98 Å². The molecule has 0 fully saturated rings. The van der Waals surface area contributed by atoms with Gasteiger partial charge in [0.1, 0.15) is 0 Å². The molecule has 0 bridgehead atoms. The number of hydrogen-bond donors (Lipinski definition) is 3. The summed E-state index contributed by atoms with van der Waals surface area (Å²) in [6, 6.07) is 24.3. The Balaban J connectivity index is 0.00000228. The number of benzene rings is 3. The molecule has 3 aromatic carbocycles. The van der Waals surface area contributed by atoms with E-state index in [0.717, 1.165) is 27.9 Å². The number of pyridine rings is 1. The van der Waals surface area contributed by atoms with Crippen molar-refractivity contribution >= 4 is 23.3 Å². The topological polar surface area (TPSA) is 91.3 Å². The van der Waals surface area contributed by atoms with Gasteiger partial charge in [-0.15, -0.1) is 0 Å². The molecular formula is C28H26N3NaO3. The predicted octanol–water partition coefficient (Wildman–Crippen LogP) is 3.30. The molecule has 1 amide bonds. The molecule has 0 saturated carbocycles. The molecule has 0 spiro atoms. The average molecular weight is 476 g/mol.